The number of ketones is 1. The van der Waals surface area contributed by atoms with E-state index in [1.807, 2.05) is 0 Å². The summed E-state index contributed by atoms with van der Waals surface area (Å²) in [4.78, 5) is 24.6. The first-order valence-corrected chi connectivity index (χ1v) is 15.2. The molecule has 9 atom stereocenters. The molecule has 0 heterocycles. The molecule has 0 aliphatic heterocycles. The summed E-state index contributed by atoms with van der Waals surface area (Å²) in [6.45, 7) is 8.11. The van der Waals surface area contributed by atoms with E-state index < -0.39 is 10.8 Å². The Hall–Kier alpha value is -0.970. The molecule has 5 aliphatic rings. The lowest BCUT2D eigenvalue weighted by Gasteiger charge is -2.58. The Kier molecular flexibility index (Phi) is 6.66. The second kappa shape index (κ2) is 9.16. The maximum Gasteiger partial charge on any atom is 0.302 e. The van der Waals surface area contributed by atoms with Crippen molar-refractivity contribution in [2.75, 3.05) is 0 Å². The largest absolute Gasteiger partial charge is 0.462 e. The molecule has 0 aromatic carbocycles. The van der Waals surface area contributed by atoms with E-state index in [-0.39, 0.29) is 39.9 Å². The molecule has 4 fully saturated rings. The molecule has 5 rings (SSSR count). The van der Waals surface area contributed by atoms with E-state index >= 15 is 0 Å². The lowest BCUT2D eigenvalue weighted by molar-refractivity contribution is -0.149. The topological polar surface area (TPSA) is 60.4 Å². The highest BCUT2D eigenvalue weighted by Gasteiger charge is 2.63. The van der Waals surface area contributed by atoms with Crippen molar-refractivity contribution in [3.05, 3.63) is 11.6 Å². The van der Waals surface area contributed by atoms with Gasteiger partial charge < -0.3 is 4.74 Å². The number of hydrogen-bond donors (Lipinski definition) is 0. The van der Waals surface area contributed by atoms with Crippen LogP contribution in [0.15, 0.2) is 11.6 Å². The quantitative estimate of drug-likeness (QED) is 0.352. The predicted octanol–water partition coefficient (Wildman–Crippen LogP) is 6.15. The molecule has 0 radical (unpaired) electrons. The van der Waals surface area contributed by atoms with Gasteiger partial charge in [0.05, 0.1) is 0 Å². The average molecular weight is 489 g/mol. The minimum atomic E-state index is -0.901. The lowest BCUT2D eigenvalue weighted by Crippen LogP contribution is -2.51. The molecule has 0 saturated heterocycles. The highest BCUT2D eigenvalue weighted by Crippen LogP contribution is 2.67. The van der Waals surface area contributed by atoms with Gasteiger partial charge in [-0.1, -0.05) is 44.8 Å². The zero-order valence-electron chi connectivity index (χ0n) is 21.6. The average Bonchev–Trinajstić information content (AvgIpc) is 3.12. The molecule has 0 N–H and O–H groups in total. The molecule has 0 bridgehead atoms. The maximum absolute atomic E-state index is 13.9. The number of rotatable bonds is 4. The van der Waals surface area contributed by atoms with Crippen molar-refractivity contribution in [2.24, 2.45) is 34.5 Å². The lowest BCUT2D eigenvalue weighted by atomic mass is 9.47. The maximum atomic E-state index is 13.9. The van der Waals surface area contributed by atoms with Crippen LogP contribution in [-0.4, -0.2) is 32.6 Å². The summed E-state index contributed by atoms with van der Waals surface area (Å²) in [5.41, 5.74) is 1.66. The highest BCUT2D eigenvalue weighted by atomic mass is 32.2. The van der Waals surface area contributed by atoms with Crippen molar-refractivity contribution in [1.82, 2.24) is 0 Å². The van der Waals surface area contributed by atoms with Crippen LogP contribution >= 0.6 is 0 Å². The van der Waals surface area contributed by atoms with Crippen molar-refractivity contribution in [1.29, 1.82) is 0 Å². The molecule has 1 unspecified atom stereocenters. The van der Waals surface area contributed by atoms with Crippen molar-refractivity contribution in [3.8, 4) is 0 Å². The van der Waals surface area contributed by atoms with Gasteiger partial charge in [0.15, 0.2) is 0 Å². The molecular weight excluding hydrogens is 444 g/mol. The fourth-order valence-electron chi connectivity index (χ4n) is 9.45. The van der Waals surface area contributed by atoms with Crippen LogP contribution in [0.25, 0.3) is 0 Å². The van der Waals surface area contributed by atoms with Crippen molar-refractivity contribution >= 4 is 22.6 Å². The second-order valence-corrected chi connectivity index (χ2v) is 14.7. The Balaban J connectivity index is 1.41. The van der Waals surface area contributed by atoms with Crippen LogP contribution in [-0.2, 0) is 25.1 Å². The Labute approximate surface area is 208 Å². The fraction of sp³-hybridized carbons (Fsp3) is 0.862. The first-order valence-electron chi connectivity index (χ1n) is 13.9. The zero-order valence-corrected chi connectivity index (χ0v) is 22.5. The molecule has 34 heavy (non-hydrogen) atoms. The van der Waals surface area contributed by atoms with Gasteiger partial charge in [0.25, 0.3) is 0 Å². The number of allylic oxidation sites excluding steroid dienone is 1. The normalized spacial score (nSPS) is 45.4. The molecule has 5 aliphatic carbocycles. The number of Topliss-reactive ketones (excluding diaryl/α,β-unsaturated/α-hetero) is 1. The van der Waals surface area contributed by atoms with E-state index in [9.17, 15) is 13.8 Å². The second-order valence-electron chi connectivity index (χ2n) is 12.7. The van der Waals surface area contributed by atoms with Crippen LogP contribution in [0.1, 0.15) is 105 Å². The van der Waals surface area contributed by atoms with Crippen LogP contribution < -0.4 is 0 Å². The molecular formula is C29H44O4S. The Morgan fingerprint density at radius 3 is 2.41 bits per heavy atom. The fourth-order valence-corrected chi connectivity index (χ4v) is 11.9. The van der Waals surface area contributed by atoms with Crippen LogP contribution in [0.5, 0.6) is 0 Å². The summed E-state index contributed by atoms with van der Waals surface area (Å²) in [6.07, 6.45) is 15.5. The molecule has 190 valence electrons. The van der Waals surface area contributed by atoms with Gasteiger partial charge in [-0.05, 0) is 86.9 Å². The summed E-state index contributed by atoms with van der Waals surface area (Å²) in [5.74, 6) is 1.75. The summed E-state index contributed by atoms with van der Waals surface area (Å²) in [5, 5.41) is 0.347. The Morgan fingerprint density at radius 1 is 1.00 bits per heavy atom. The monoisotopic (exact) mass is 488 g/mol. The van der Waals surface area contributed by atoms with Crippen molar-refractivity contribution < 1.29 is 18.5 Å². The molecule has 0 spiro atoms. The summed E-state index contributed by atoms with van der Waals surface area (Å²) in [6, 6.07) is 0. The zero-order chi connectivity index (χ0) is 24.3. The Bertz CT molecular complexity index is 889. The van der Waals surface area contributed by atoms with Crippen LogP contribution in [0.3, 0.4) is 0 Å². The van der Waals surface area contributed by atoms with E-state index in [1.54, 1.807) is 6.92 Å². The first kappa shape index (κ1) is 24.7. The standard InChI is InChI=1S/C29H44O4S/c1-18(30)27-26(34(32)22-8-6-5-7-9-22)17-25-23-11-10-20-16-21(33-19(2)31)12-14-28(20,3)24(23)13-15-29(25,27)4/h10,21-27H,5-9,11-17H2,1-4H3/t21-,23+,24-,25-,26+,27-,28-,29-,34?/m0/s1. The number of esters is 1. The van der Waals surface area contributed by atoms with Crippen molar-refractivity contribution in [3.63, 3.8) is 0 Å². The Morgan fingerprint density at radius 2 is 1.74 bits per heavy atom. The third-order valence-corrected chi connectivity index (χ3v) is 13.2. The SMILES string of the molecule is CC(=O)O[C@H]1CC[C@@]2(C)C(=CC[C@H]3[C@@H]4C[C@@H](S(=O)C5CCCCC5)[C@H](C(C)=O)[C@@]4(C)CC[C@@H]32)C1. The first-order chi connectivity index (χ1) is 16.1. The molecule has 5 heteroatoms. The van der Waals surface area contributed by atoms with Crippen LogP contribution in [0, 0.1) is 34.5 Å². The van der Waals surface area contributed by atoms with Gasteiger partial charge in [-0.25, -0.2) is 0 Å². The van der Waals surface area contributed by atoms with Gasteiger partial charge in [-0.15, -0.1) is 0 Å². The van der Waals surface area contributed by atoms with Crippen LogP contribution in [0.2, 0.25) is 0 Å². The molecule has 0 amide bonds. The third kappa shape index (κ3) is 3.96. The van der Waals surface area contributed by atoms with Crippen molar-refractivity contribution in [2.45, 2.75) is 121 Å². The third-order valence-electron chi connectivity index (χ3n) is 11.0. The summed E-state index contributed by atoms with van der Waals surface area (Å²) >= 11 is 0. The van der Waals surface area contributed by atoms with Gasteiger partial charge in [-0.3, -0.25) is 13.8 Å². The predicted molar refractivity (Wildman–Crippen MR) is 136 cm³/mol. The van der Waals surface area contributed by atoms with E-state index in [1.165, 1.54) is 31.8 Å². The highest BCUT2D eigenvalue weighted by molar-refractivity contribution is 7.86. The van der Waals surface area contributed by atoms with Gasteiger partial charge in [0.2, 0.25) is 0 Å². The molecule has 4 nitrogen and oxygen atoms in total. The van der Waals surface area contributed by atoms with Gasteiger partial charge in [-0.2, -0.15) is 0 Å². The molecule has 0 aromatic heterocycles. The van der Waals surface area contributed by atoms with E-state index in [0.29, 0.717) is 23.0 Å². The minimum absolute atomic E-state index is 0.0152. The smallest absolute Gasteiger partial charge is 0.302 e. The number of carbonyl (C=O) groups is 2. The number of hydrogen-bond acceptors (Lipinski definition) is 4. The van der Waals surface area contributed by atoms with E-state index in [4.69, 9.17) is 4.74 Å². The van der Waals surface area contributed by atoms with Gasteiger partial charge in [0.1, 0.15) is 11.9 Å². The van der Waals surface area contributed by atoms with Gasteiger partial charge >= 0.3 is 5.97 Å². The molecule has 0 aromatic rings. The van der Waals surface area contributed by atoms with Crippen LogP contribution in [0.4, 0.5) is 0 Å². The van der Waals surface area contributed by atoms with Gasteiger partial charge in [0, 0.05) is 40.6 Å². The summed E-state index contributed by atoms with van der Waals surface area (Å²) < 4.78 is 19.5. The minimum Gasteiger partial charge on any atom is -0.462 e. The number of carbonyl (C=O) groups excluding carboxylic acids is 2. The molecule has 4 saturated carbocycles. The number of fused-ring (bicyclic) bond motifs is 5. The van der Waals surface area contributed by atoms with E-state index in [2.05, 4.69) is 19.9 Å². The summed E-state index contributed by atoms with van der Waals surface area (Å²) in [7, 11) is -0.901. The van der Waals surface area contributed by atoms with E-state index in [0.717, 1.165) is 57.8 Å². The number of ether oxygens (including phenoxy) is 1.